The Labute approximate surface area is 169 Å². The lowest BCUT2D eigenvalue weighted by molar-refractivity contribution is -0.113. The third-order valence-electron chi connectivity index (χ3n) is 4.10. The number of aromatic nitrogens is 2. The highest BCUT2D eigenvalue weighted by molar-refractivity contribution is 8.00. The van der Waals surface area contributed by atoms with Crippen LogP contribution in [0.3, 0.4) is 0 Å². The molecule has 1 amide bonds. The Bertz CT molecular complexity index is 1110. The van der Waals surface area contributed by atoms with Gasteiger partial charge in [0.1, 0.15) is 21.2 Å². The molecule has 4 nitrogen and oxygen atoms in total. The Hall–Kier alpha value is -2.77. The van der Waals surface area contributed by atoms with Crippen LogP contribution in [-0.4, -0.2) is 21.6 Å². The molecule has 0 aliphatic rings. The van der Waals surface area contributed by atoms with Gasteiger partial charge in [0.05, 0.1) is 5.75 Å². The van der Waals surface area contributed by atoms with Crippen molar-refractivity contribution in [1.29, 1.82) is 0 Å². The van der Waals surface area contributed by atoms with Crippen molar-refractivity contribution in [3.8, 4) is 10.6 Å². The van der Waals surface area contributed by atoms with Crippen LogP contribution in [0, 0.1) is 12.7 Å². The van der Waals surface area contributed by atoms with Gasteiger partial charge in [-0.05, 0) is 67.1 Å². The maximum absolute atomic E-state index is 12.9. The molecular formula is C21H16FN3OS2. The molecule has 0 fully saturated rings. The normalized spacial score (nSPS) is 10.9. The van der Waals surface area contributed by atoms with Gasteiger partial charge < -0.3 is 5.32 Å². The van der Waals surface area contributed by atoms with E-state index in [1.165, 1.54) is 23.9 Å². The minimum Gasteiger partial charge on any atom is -0.325 e. The minimum atomic E-state index is -0.284. The molecule has 140 valence electrons. The number of hydrogen-bond acceptors (Lipinski definition) is 5. The number of amides is 1. The molecule has 2 aromatic carbocycles. The van der Waals surface area contributed by atoms with Gasteiger partial charge in [0.25, 0.3) is 0 Å². The molecule has 1 N–H and O–H groups in total. The number of carbonyl (C=O) groups excluding carboxylic acids is 1. The van der Waals surface area contributed by atoms with Crippen molar-refractivity contribution in [2.75, 3.05) is 11.1 Å². The zero-order valence-electron chi connectivity index (χ0n) is 15.0. The maximum atomic E-state index is 12.9. The first kappa shape index (κ1) is 18.6. The molecule has 0 aliphatic carbocycles. The molecule has 0 unspecified atom stereocenters. The number of halogens is 1. The second-order valence-corrected chi connectivity index (χ2v) is 8.19. The van der Waals surface area contributed by atoms with Crippen LogP contribution in [0.25, 0.3) is 20.9 Å². The van der Waals surface area contributed by atoms with E-state index in [1.807, 2.05) is 37.3 Å². The SMILES string of the molecule is Cc1cc(-c2nc3cccnc3s2)ccc1NC(=O)CSc1ccc(F)cc1. The molecule has 0 aliphatic heterocycles. The third kappa shape index (κ3) is 4.21. The monoisotopic (exact) mass is 409 g/mol. The second kappa shape index (κ2) is 8.08. The van der Waals surface area contributed by atoms with E-state index in [9.17, 15) is 9.18 Å². The predicted molar refractivity (Wildman–Crippen MR) is 113 cm³/mol. The smallest absolute Gasteiger partial charge is 0.234 e. The lowest BCUT2D eigenvalue weighted by Gasteiger charge is -2.09. The van der Waals surface area contributed by atoms with Crippen LogP contribution in [0.4, 0.5) is 10.1 Å². The minimum absolute atomic E-state index is 0.102. The predicted octanol–water partition coefficient (Wildman–Crippen LogP) is 5.54. The molecular weight excluding hydrogens is 393 g/mol. The van der Waals surface area contributed by atoms with Crippen LogP contribution in [-0.2, 0) is 4.79 Å². The zero-order chi connectivity index (χ0) is 19.5. The zero-order valence-corrected chi connectivity index (χ0v) is 16.6. The number of carbonyl (C=O) groups is 1. The van der Waals surface area contributed by atoms with E-state index in [0.717, 1.165) is 37.1 Å². The topological polar surface area (TPSA) is 54.9 Å². The molecule has 0 bridgehead atoms. The molecule has 0 spiro atoms. The molecule has 4 rings (SSSR count). The molecule has 0 saturated carbocycles. The Balaban J connectivity index is 1.43. The van der Waals surface area contributed by atoms with Gasteiger partial charge in [-0.1, -0.05) is 11.3 Å². The highest BCUT2D eigenvalue weighted by Gasteiger charge is 2.10. The fourth-order valence-electron chi connectivity index (χ4n) is 2.70. The van der Waals surface area contributed by atoms with Crippen LogP contribution in [0.1, 0.15) is 5.56 Å². The number of hydrogen-bond donors (Lipinski definition) is 1. The summed E-state index contributed by atoms with van der Waals surface area (Å²) < 4.78 is 12.9. The van der Waals surface area contributed by atoms with E-state index in [0.29, 0.717) is 0 Å². The molecule has 0 atom stereocenters. The Morgan fingerprint density at radius 1 is 1.18 bits per heavy atom. The summed E-state index contributed by atoms with van der Waals surface area (Å²) in [5.74, 6) is -0.126. The van der Waals surface area contributed by atoms with Crippen molar-refractivity contribution < 1.29 is 9.18 Å². The third-order valence-corrected chi connectivity index (χ3v) is 6.14. The Kier molecular flexibility index (Phi) is 5.36. The maximum Gasteiger partial charge on any atom is 0.234 e. The van der Waals surface area contributed by atoms with Gasteiger partial charge in [-0.15, -0.1) is 11.8 Å². The summed E-state index contributed by atoms with van der Waals surface area (Å²) in [4.78, 5) is 23.0. The Morgan fingerprint density at radius 3 is 2.75 bits per heavy atom. The van der Waals surface area contributed by atoms with Crippen LogP contribution in [0.5, 0.6) is 0 Å². The number of rotatable bonds is 5. The van der Waals surface area contributed by atoms with Crippen molar-refractivity contribution in [2.45, 2.75) is 11.8 Å². The van der Waals surface area contributed by atoms with E-state index >= 15 is 0 Å². The second-order valence-electron chi connectivity index (χ2n) is 6.17. The molecule has 2 aromatic heterocycles. The van der Waals surface area contributed by atoms with Crippen molar-refractivity contribution in [1.82, 2.24) is 9.97 Å². The van der Waals surface area contributed by atoms with Gasteiger partial charge in [-0.2, -0.15) is 0 Å². The number of thioether (sulfide) groups is 1. The number of thiazole rings is 1. The quantitative estimate of drug-likeness (QED) is 0.440. The molecule has 0 saturated heterocycles. The summed E-state index contributed by atoms with van der Waals surface area (Å²) in [7, 11) is 0. The van der Waals surface area contributed by atoms with Crippen LogP contribution < -0.4 is 5.32 Å². The summed E-state index contributed by atoms with van der Waals surface area (Å²) in [6.45, 7) is 1.96. The van der Waals surface area contributed by atoms with E-state index in [1.54, 1.807) is 29.7 Å². The highest BCUT2D eigenvalue weighted by Crippen LogP contribution is 2.31. The molecule has 4 aromatic rings. The van der Waals surface area contributed by atoms with Crippen molar-refractivity contribution in [2.24, 2.45) is 0 Å². The lowest BCUT2D eigenvalue weighted by atomic mass is 10.1. The number of fused-ring (bicyclic) bond motifs is 1. The van der Waals surface area contributed by atoms with Crippen LogP contribution in [0.15, 0.2) is 65.7 Å². The van der Waals surface area contributed by atoms with Gasteiger partial charge >= 0.3 is 0 Å². The van der Waals surface area contributed by atoms with Crippen LogP contribution in [0.2, 0.25) is 0 Å². The highest BCUT2D eigenvalue weighted by atomic mass is 32.2. The number of pyridine rings is 1. The largest absolute Gasteiger partial charge is 0.325 e. The van der Waals surface area contributed by atoms with Gasteiger partial charge in [0.15, 0.2) is 0 Å². The van der Waals surface area contributed by atoms with Crippen LogP contribution >= 0.6 is 23.1 Å². The lowest BCUT2D eigenvalue weighted by Crippen LogP contribution is -2.14. The molecule has 2 heterocycles. The van der Waals surface area contributed by atoms with Gasteiger partial charge in [-0.3, -0.25) is 4.79 Å². The molecule has 0 radical (unpaired) electrons. The van der Waals surface area contributed by atoms with E-state index in [2.05, 4.69) is 15.3 Å². The fraction of sp³-hybridized carbons (Fsp3) is 0.0952. The average Bonchev–Trinajstić information content (AvgIpc) is 3.13. The number of nitrogens with zero attached hydrogens (tertiary/aromatic N) is 2. The summed E-state index contributed by atoms with van der Waals surface area (Å²) in [5, 5.41) is 3.84. The first-order chi connectivity index (χ1) is 13.6. The average molecular weight is 410 g/mol. The van der Waals surface area contributed by atoms with Crippen molar-refractivity contribution in [3.05, 3.63) is 72.2 Å². The number of benzene rings is 2. The first-order valence-corrected chi connectivity index (χ1v) is 10.4. The van der Waals surface area contributed by atoms with E-state index < -0.39 is 0 Å². The molecule has 28 heavy (non-hydrogen) atoms. The van der Waals surface area contributed by atoms with Gasteiger partial charge in [0, 0.05) is 22.3 Å². The summed E-state index contributed by atoms with van der Waals surface area (Å²) >= 11 is 2.92. The number of anilines is 1. The fourth-order valence-corrected chi connectivity index (χ4v) is 4.30. The van der Waals surface area contributed by atoms with Crippen molar-refractivity contribution in [3.63, 3.8) is 0 Å². The van der Waals surface area contributed by atoms with Gasteiger partial charge in [0.2, 0.25) is 5.91 Å². The standard InChI is InChI=1S/C21H16FN3OS2/c1-13-11-14(20-25-18-3-2-10-23-21(18)28-20)4-9-17(13)24-19(26)12-27-16-7-5-15(22)6-8-16/h2-11H,12H2,1H3,(H,24,26). The molecule has 7 heteroatoms. The summed E-state index contributed by atoms with van der Waals surface area (Å²) in [6.07, 6.45) is 1.76. The van der Waals surface area contributed by atoms with E-state index in [-0.39, 0.29) is 17.5 Å². The van der Waals surface area contributed by atoms with E-state index in [4.69, 9.17) is 0 Å². The number of nitrogens with one attached hydrogen (secondary N) is 1. The summed E-state index contributed by atoms with van der Waals surface area (Å²) in [6, 6.07) is 15.8. The first-order valence-electron chi connectivity index (χ1n) is 8.59. The Morgan fingerprint density at radius 2 is 2.00 bits per heavy atom. The van der Waals surface area contributed by atoms with Gasteiger partial charge in [-0.25, -0.2) is 14.4 Å². The number of aryl methyl sites for hydroxylation is 1. The summed E-state index contributed by atoms with van der Waals surface area (Å²) in [5.41, 5.74) is 3.62. The van der Waals surface area contributed by atoms with Crippen molar-refractivity contribution >= 4 is 45.0 Å².